The predicted molar refractivity (Wildman–Crippen MR) is 77.8 cm³/mol. The van der Waals surface area contributed by atoms with Crippen LogP contribution in [-0.4, -0.2) is 37.7 Å². The highest BCUT2D eigenvalue weighted by molar-refractivity contribution is 5.70. The molecule has 2 rings (SSSR count). The Bertz CT molecular complexity index is 441. The zero-order valence-corrected chi connectivity index (χ0v) is 12.3. The Balaban J connectivity index is 2.22. The SMILES string of the molecule is CCOC(=O)CC(c1ccccc1OC)N1CCCC1. The maximum atomic E-state index is 11.9. The molecule has 1 aromatic rings. The van der Waals surface area contributed by atoms with Gasteiger partial charge in [0.1, 0.15) is 5.75 Å². The molecule has 0 aliphatic carbocycles. The largest absolute Gasteiger partial charge is 0.496 e. The predicted octanol–water partition coefficient (Wildman–Crippen LogP) is 2.79. The van der Waals surface area contributed by atoms with Gasteiger partial charge in [0.15, 0.2) is 0 Å². The summed E-state index contributed by atoms with van der Waals surface area (Å²) in [4.78, 5) is 14.2. The molecule has 110 valence electrons. The van der Waals surface area contributed by atoms with Crippen LogP contribution in [-0.2, 0) is 9.53 Å². The van der Waals surface area contributed by atoms with Crippen LogP contribution >= 0.6 is 0 Å². The Morgan fingerprint density at radius 3 is 2.65 bits per heavy atom. The Morgan fingerprint density at radius 2 is 2.00 bits per heavy atom. The lowest BCUT2D eigenvalue weighted by Crippen LogP contribution is -2.28. The quantitative estimate of drug-likeness (QED) is 0.750. The van der Waals surface area contributed by atoms with E-state index in [4.69, 9.17) is 9.47 Å². The van der Waals surface area contributed by atoms with E-state index in [2.05, 4.69) is 4.90 Å². The second-order valence-electron chi connectivity index (χ2n) is 5.01. The molecule has 0 radical (unpaired) electrons. The Morgan fingerprint density at radius 1 is 1.30 bits per heavy atom. The van der Waals surface area contributed by atoms with Crippen molar-refractivity contribution < 1.29 is 14.3 Å². The van der Waals surface area contributed by atoms with E-state index in [0.29, 0.717) is 13.0 Å². The van der Waals surface area contributed by atoms with Gasteiger partial charge in [0.2, 0.25) is 0 Å². The van der Waals surface area contributed by atoms with Crippen molar-refractivity contribution in [1.29, 1.82) is 0 Å². The van der Waals surface area contributed by atoms with Crippen molar-refractivity contribution in [2.45, 2.75) is 32.2 Å². The number of ether oxygens (including phenoxy) is 2. The van der Waals surface area contributed by atoms with Crippen LogP contribution in [0.15, 0.2) is 24.3 Å². The third-order valence-electron chi connectivity index (χ3n) is 3.74. The van der Waals surface area contributed by atoms with E-state index >= 15 is 0 Å². The first kappa shape index (κ1) is 14.9. The van der Waals surface area contributed by atoms with Crippen molar-refractivity contribution >= 4 is 5.97 Å². The molecule has 1 saturated heterocycles. The third kappa shape index (κ3) is 3.51. The van der Waals surface area contributed by atoms with Crippen molar-refractivity contribution in [2.24, 2.45) is 0 Å². The molecule has 0 aromatic heterocycles. The van der Waals surface area contributed by atoms with Crippen LogP contribution in [0.25, 0.3) is 0 Å². The lowest BCUT2D eigenvalue weighted by Gasteiger charge is -2.28. The molecule has 1 aliphatic heterocycles. The number of para-hydroxylation sites is 1. The summed E-state index contributed by atoms with van der Waals surface area (Å²) < 4.78 is 10.6. The van der Waals surface area contributed by atoms with E-state index in [1.54, 1.807) is 7.11 Å². The summed E-state index contributed by atoms with van der Waals surface area (Å²) in [7, 11) is 1.67. The maximum Gasteiger partial charge on any atom is 0.307 e. The summed E-state index contributed by atoms with van der Waals surface area (Å²) in [6.07, 6.45) is 2.76. The number of nitrogens with zero attached hydrogens (tertiary/aromatic N) is 1. The van der Waals surface area contributed by atoms with Gasteiger partial charge in [-0.3, -0.25) is 9.69 Å². The van der Waals surface area contributed by atoms with Crippen LogP contribution < -0.4 is 4.74 Å². The van der Waals surface area contributed by atoms with Crippen LogP contribution in [0.4, 0.5) is 0 Å². The summed E-state index contributed by atoms with van der Waals surface area (Å²) >= 11 is 0. The summed E-state index contributed by atoms with van der Waals surface area (Å²) in [6.45, 7) is 4.33. The van der Waals surface area contributed by atoms with E-state index in [9.17, 15) is 4.79 Å². The summed E-state index contributed by atoms with van der Waals surface area (Å²) in [5.41, 5.74) is 1.07. The van der Waals surface area contributed by atoms with Crippen LogP contribution in [0.1, 0.15) is 37.8 Å². The van der Waals surface area contributed by atoms with Gasteiger partial charge in [0, 0.05) is 11.6 Å². The monoisotopic (exact) mass is 277 g/mol. The molecule has 4 nitrogen and oxygen atoms in total. The number of hydrogen-bond acceptors (Lipinski definition) is 4. The minimum Gasteiger partial charge on any atom is -0.496 e. The number of carbonyl (C=O) groups is 1. The Labute approximate surface area is 120 Å². The lowest BCUT2D eigenvalue weighted by molar-refractivity contribution is -0.144. The molecule has 0 saturated carbocycles. The molecule has 1 atom stereocenters. The van der Waals surface area contributed by atoms with Gasteiger partial charge in [0.05, 0.1) is 20.1 Å². The number of carbonyl (C=O) groups excluding carboxylic acids is 1. The van der Waals surface area contributed by atoms with Crippen molar-refractivity contribution in [3.8, 4) is 5.75 Å². The van der Waals surface area contributed by atoms with Crippen LogP contribution in [0, 0.1) is 0 Å². The summed E-state index contributed by atoms with van der Waals surface area (Å²) in [5, 5.41) is 0. The molecular formula is C16H23NO3. The molecule has 0 amide bonds. The number of esters is 1. The van der Waals surface area contributed by atoms with E-state index in [1.807, 2.05) is 31.2 Å². The van der Waals surface area contributed by atoms with Crippen molar-refractivity contribution in [3.05, 3.63) is 29.8 Å². The summed E-state index contributed by atoms with van der Waals surface area (Å²) in [6, 6.07) is 7.98. The van der Waals surface area contributed by atoms with Gasteiger partial charge < -0.3 is 9.47 Å². The average Bonchev–Trinajstić information content (AvgIpc) is 2.99. The van der Waals surface area contributed by atoms with Crippen LogP contribution in [0.3, 0.4) is 0 Å². The van der Waals surface area contributed by atoms with Gasteiger partial charge in [-0.25, -0.2) is 0 Å². The van der Waals surface area contributed by atoms with E-state index in [1.165, 1.54) is 12.8 Å². The Hall–Kier alpha value is -1.55. The van der Waals surface area contributed by atoms with Crippen LogP contribution in [0.5, 0.6) is 5.75 Å². The normalized spacial score (nSPS) is 16.9. The molecular weight excluding hydrogens is 254 g/mol. The third-order valence-corrected chi connectivity index (χ3v) is 3.74. The van der Waals surface area contributed by atoms with Crippen molar-refractivity contribution in [2.75, 3.05) is 26.8 Å². The highest BCUT2D eigenvalue weighted by atomic mass is 16.5. The van der Waals surface area contributed by atoms with Crippen molar-refractivity contribution in [3.63, 3.8) is 0 Å². The van der Waals surface area contributed by atoms with E-state index < -0.39 is 0 Å². The van der Waals surface area contributed by atoms with E-state index in [0.717, 1.165) is 24.4 Å². The molecule has 0 spiro atoms. The minimum absolute atomic E-state index is 0.0488. The first-order valence-electron chi connectivity index (χ1n) is 7.28. The second-order valence-corrected chi connectivity index (χ2v) is 5.01. The number of benzene rings is 1. The second kappa shape index (κ2) is 7.29. The van der Waals surface area contributed by atoms with Gasteiger partial charge in [-0.2, -0.15) is 0 Å². The van der Waals surface area contributed by atoms with Gasteiger partial charge in [0.25, 0.3) is 0 Å². The zero-order valence-electron chi connectivity index (χ0n) is 12.3. The standard InChI is InChI=1S/C16H23NO3/c1-3-20-16(18)12-14(17-10-6-7-11-17)13-8-4-5-9-15(13)19-2/h4-5,8-9,14H,3,6-7,10-12H2,1-2H3. The fourth-order valence-electron chi connectivity index (χ4n) is 2.81. The lowest BCUT2D eigenvalue weighted by atomic mass is 10.0. The molecule has 1 heterocycles. The van der Waals surface area contributed by atoms with Crippen molar-refractivity contribution in [1.82, 2.24) is 4.90 Å². The maximum absolute atomic E-state index is 11.9. The fraction of sp³-hybridized carbons (Fsp3) is 0.562. The molecule has 4 heteroatoms. The highest BCUT2D eigenvalue weighted by Gasteiger charge is 2.28. The number of hydrogen-bond donors (Lipinski definition) is 0. The molecule has 1 fully saturated rings. The van der Waals surface area contributed by atoms with E-state index in [-0.39, 0.29) is 12.0 Å². The number of rotatable bonds is 6. The molecule has 1 aromatic carbocycles. The molecule has 0 N–H and O–H groups in total. The first-order valence-corrected chi connectivity index (χ1v) is 7.28. The minimum atomic E-state index is -0.143. The molecule has 20 heavy (non-hydrogen) atoms. The first-order chi connectivity index (χ1) is 9.76. The Kier molecular flexibility index (Phi) is 5.41. The smallest absolute Gasteiger partial charge is 0.307 e. The average molecular weight is 277 g/mol. The fourth-order valence-corrected chi connectivity index (χ4v) is 2.81. The molecule has 1 aliphatic rings. The number of methoxy groups -OCH3 is 1. The van der Waals surface area contributed by atoms with Gasteiger partial charge in [-0.05, 0) is 38.9 Å². The molecule has 1 unspecified atom stereocenters. The summed E-state index contributed by atoms with van der Waals surface area (Å²) in [5.74, 6) is 0.698. The zero-order chi connectivity index (χ0) is 14.4. The van der Waals surface area contributed by atoms with Gasteiger partial charge in [-0.15, -0.1) is 0 Å². The highest BCUT2D eigenvalue weighted by Crippen LogP contribution is 2.34. The molecule has 0 bridgehead atoms. The van der Waals surface area contributed by atoms with Crippen LogP contribution in [0.2, 0.25) is 0 Å². The van der Waals surface area contributed by atoms with Gasteiger partial charge in [-0.1, -0.05) is 18.2 Å². The number of likely N-dealkylation sites (tertiary alicyclic amines) is 1. The topological polar surface area (TPSA) is 38.8 Å². The van der Waals surface area contributed by atoms with Gasteiger partial charge >= 0.3 is 5.97 Å².